The summed E-state index contributed by atoms with van der Waals surface area (Å²) in [6.07, 6.45) is -0.606. The number of benzene rings is 2. The molecule has 1 unspecified atom stereocenters. The third kappa shape index (κ3) is 3.70. The van der Waals surface area contributed by atoms with Gasteiger partial charge in [-0.05, 0) is 36.4 Å². The number of para-hydroxylation sites is 2. The molecule has 0 bridgehead atoms. The molecule has 0 saturated carbocycles. The molecule has 1 aromatic heterocycles. The van der Waals surface area contributed by atoms with Crippen molar-refractivity contribution < 1.29 is 9.84 Å². The van der Waals surface area contributed by atoms with E-state index in [0.29, 0.717) is 17.1 Å². The molecule has 1 atom stereocenters. The van der Waals surface area contributed by atoms with Gasteiger partial charge in [0.05, 0.1) is 28.8 Å². The third-order valence-electron chi connectivity index (χ3n) is 3.58. The summed E-state index contributed by atoms with van der Waals surface area (Å²) in [6.45, 7) is 0.197. The van der Waals surface area contributed by atoms with Gasteiger partial charge in [0.15, 0.2) is 5.16 Å². The maximum absolute atomic E-state index is 10.1. The monoisotopic (exact) mass is 339 g/mol. The van der Waals surface area contributed by atoms with E-state index in [1.54, 1.807) is 24.3 Å². The first-order chi connectivity index (χ1) is 11.7. The summed E-state index contributed by atoms with van der Waals surface area (Å²) < 4.78 is 7.57. The first-order valence-corrected chi connectivity index (χ1v) is 8.51. The van der Waals surface area contributed by atoms with E-state index < -0.39 is 6.10 Å². The fraction of sp³-hybridized carbons (Fsp3) is 0.222. The molecule has 0 aliphatic rings. The second kappa shape index (κ2) is 7.39. The lowest BCUT2D eigenvalue weighted by atomic mass is 10.2. The van der Waals surface area contributed by atoms with Crippen molar-refractivity contribution in [1.29, 1.82) is 5.26 Å². The van der Waals surface area contributed by atoms with Crippen LogP contribution < -0.4 is 4.74 Å². The molecule has 3 rings (SSSR count). The van der Waals surface area contributed by atoms with Crippen LogP contribution in [0.4, 0.5) is 0 Å². The van der Waals surface area contributed by atoms with Crippen LogP contribution in [0, 0.1) is 11.3 Å². The first-order valence-electron chi connectivity index (χ1n) is 7.52. The van der Waals surface area contributed by atoms with Gasteiger partial charge in [0.25, 0.3) is 0 Å². The standard InChI is InChI=1S/C18H17N3O2S/c1-21-17-5-3-2-4-16(17)20-18(21)24-12-14(22)11-23-15-8-6-13(10-19)7-9-15/h2-9,14,22H,11-12H2,1H3. The second-order valence-corrected chi connectivity index (χ2v) is 6.34. The van der Waals surface area contributed by atoms with Crippen LogP contribution in [0.5, 0.6) is 5.75 Å². The number of rotatable bonds is 6. The zero-order valence-electron chi connectivity index (χ0n) is 13.2. The topological polar surface area (TPSA) is 71.1 Å². The van der Waals surface area contributed by atoms with E-state index in [0.717, 1.165) is 16.2 Å². The summed E-state index contributed by atoms with van der Waals surface area (Å²) in [5.41, 5.74) is 2.61. The predicted octanol–water partition coefficient (Wildman–Crippen LogP) is 2.98. The maximum atomic E-state index is 10.1. The van der Waals surface area contributed by atoms with Gasteiger partial charge in [-0.15, -0.1) is 0 Å². The van der Waals surface area contributed by atoms with Gasteiger partial charge in [0.2, 0.25) is 0 Å². The number of hydrogen-bond donors (Lipinski definition) is 1. The number of aliphatic hydroxyl groups is 1. The van der Waals surface area contributed by atoms with Crippen molar-refractivity contribution in [1.82, 2.24) is 9.55 Å². The Bertz CT molecular complexity index is 868. The first kappa shape index (κ1) is 16.4. The molecule has 5 nitrogen and oxygen atoms in total. The highest BCUT2D eigenvalue weighted by molar-refractivity contribution is 7.99. The summed E-state index contributed by atoms with van der Waals surface area (Å²) in [5, 5.41) is 19.7. The average Bonchev–Trinajstić information content (AvgIpc) is 2.95. The van der Waals surface area contributed by atoms with Crippen LogP contribution in [-0.4, -0.2) is 33.1 Å². The predicted molar refractivity (Wildman–Crippen MR) is 94.1 cm³/mol. The lowest BCUT2D eigenvalue weighted by Crippen LogP contribution is -2.20. The summed E-state index contributed by atoms with van der Waals surface area (Å²) in [4.78, 5) is 4.56. The van der Waals surface area contributed by atoms with Crippen molar-refractivity contribution in [3.05, 3.63) is 54.1 Å². The average molecular weight is 339 g/mol. The normalized spacial score (nSPS) is 12.0. The van der Waals surface area contributed by atoms with E-state index in [4.69, 9.17) is 10.00 Å². The van der Waals surface area contributed by atoms with Gasteiger partial charge in [0.1, 0.15) is 12.4 Å². The van der Waals surface area contributed by atoms with Crippen molar-refractivity contribution in [3.63, 3.8) is 0 Å². The minimum Gasteiger partial charge on any atom is -0.491 e. The van der Waals surface area contributed by atoms with Crippen molar-refractivity contribution in [2.75, 3.05) is 12.4 Å². The van der Waals surface area contributed by atoms with E-state index >= 15 is 0 Å². The molecule has 0 aliphatic heterocycles. The molecule has 122 valence electrons. The Morgan fingerprint density at radius 3 is 2.71 bits per heavy atom. The van der Waals surface area contributed by atoms with Crippen LogP contribution in [0.2, 0.25) is 0 Å². The number of hydrogen-bond acceptors (Lipinski definition) is 5. The molecule has 3 aromatic rings. The Morgan fingerprint density at radius 1 is 1.25 bits per heavy atom. The Balaban J connectivity index is 1.53. The molecule has 1 heterocycles. The zero-order valence-corrected chi connectivity index (χ0v) is 14.0. The highest BCUT2D eigenvalue weighted by Crippen LogP contribution is 2.23. The Morgan fingerprint density at radius 2 is 2.00 bits per heavy atom. The molecule has 6 heteroatoms. The van der Waals surface area contributed by atoms with Gasteiger partial charge in [-0.1, -0.05) is 23.9 Å². The quantitative estimate of drug-likeness (QED) is 0.699. The number of imidazole rings is 1. The number of aromatic nitrogens is 2. The smallest absolute Gasteiger partial charge is 0.168 e. The number of aliphatic hydroxyl groups excluding tert-OH is 1. The molecule has 0 saturated heterocycles. The maximum Gasteiger partial charge on any atom is 0.168 e. The minimum atomic E-state index is -0.606. The molecule has 1 N–H and O–H groups in total. The van der Waals surface area contributed by atoms with Gasteiger partial charge in [-0.3, -0.25) is 0 Å². The second-order valence-electron chi connectivity index (χ2n) is 5.35. The SMILES string of the molecule is Cn1c(SCC(O)COc2ccc(C#N)cc2)nc2ccccc21. The Hall–Kier alpha value is -2.49. The number of nitrogens with zero attached hydrogens (tertiary/aromatic N) is 3. The van der Waals surface area contributed by atoms with Crippen LogP contribution in [0.15, 0.2) is 53.7 Å². The van der Waals surface area contributed by atoms with E-state index in [-0.39, 0.29) is 6.61 Å². The number of fused-ring (bicyclic) bond motifs is 1. The number of ether oxygens (including phenoxy) is 1. The number of nitriles is 1. The van der Waals surface area contributed by atoms with Crippen LogP contribution in [0.1, 0.15) is 5.56 Å². The fourth-order valence-corrected chi connectivity index (χ4v) is 3.18. The van der Waals surface area contributed by atoms with Crippen LogP contribution >= 0.6 is 11.8 Å². The molecule has 0 fully saturated rings. The summed E-state index contributed by atoms with van der Waals surface area (Å²) in [7, 11) is 1.97. The van der Waals surface area contributed by atoms with Gasteiger partial charge >= 0.3 is 0 Å². The summed E-state index contributed by atoms with van der Waals surface area (Å²) in [5.74, 6) is 1.13. The Labute approximate surface area is 144 Å². The van der Waals surface area contributed by atoms with Crippen molar-refractivity contribution in [2.24, 2.45) is 7.05 Å². The zero-order chi connectivity index (χ0) is 16.9. The molecular formula is C18H17N3O2S. The highest BCUT2D eigenvalue weighted by atomic mass is 32.2. The van der Waals surface area contributed by atoms with E-state index in [2.05, 4.69) is 11.1 Å². The van der Waals surface area contributed by atoms with Gasteiger partial charge in [-0.2, -0.15) is 5.26 Å². The minimum absolute atomic E-state index is 0.197. The molecule has 0 radical (unpaired) electrons. The van der Waals surface area contributed by atoms with Crippen molar-refractivity contribution in [2.45, 2.75) is 11.3 Å². The largest absolute Gasteiger partial charge is 0.491 e. The van der Waals surface area contributed by atoms with Gasteiger partial charge in [-0.25, -0.2) is 4.98 Å². The molecule has 0 aliphatic carbocycles. The van der Waals surface area contributed by atoms with Crippen molar-refractivity contribution in [3.8, 4) is 11.8 Å². The van der Waals surface area contributed by atoms with E-state index in [9.17, 15) is 5.11 Å². The van der Waals surface area contributed by atoms with E-state index in [1.165, 1.54) is 11.8 Å². The fourth-order valence-electron chi connectivity index (χ4n) is 2.29. The van der Waals surface area contributed by atoms with Gasteiger partial charge in [0, 0.05) is 12.8 Å². The Kier molecular flexibility index (Phi) is 5.04. The molecule has 0 amide bonds. The summed E-state index contributed by atoms with van der Waals surface area (Å²) in [6, 6.07) is 16.8. The molecule has 24 heavy (non-hydrogen) atoms. The highest BCUT2D eigenvalue weighted by Gasteiger charge is 2.11. The van der Waals surface area contributed by atoms with Gasteiger partial charge < -0.3 is 14.4 Å². The van der Waals surface area contributed by atoms with E-state index in [1.807, 2.05) is 35.9 Å². The molecular weight excluding hydrogens is 322 g/mol. The van der Waals surface area contributed by atoms with Crippen LogP contribution in [0.25, 0.3) is 11.0 Å². The lowest BCUT2D eigenvalue weighted by molar-refractivity contribution is 0.126. The lowest BCUT2D eigenvalue weighted by Gasteiger charge is -2.12. The number of aryl methyl sites for hydroxylation is 1. The van der Waals surface area contributed by atoms with Crippen LogP contribution in [0.3, 0.4) is 0 Å². The van der Waals surface area contributed by atoms with Crippen molar-refractivity contribution >= 4 is 22.8 Å². The third-order valence-corrected chi connectivity index (χ3v) is 4.75. The van der Waals surface area contributed by atoms with Crippen LogP contribution in [-0.2, 0) is 7.05 Å². The molecule has 2 aromatic carbocycles. The summed E-state index contributed by atoms with van der Waals surface area (Å²) >= 11 is 1.50. The number of thioether (sulfide) groups is 1. The molecule has 0 spiro atoms.